The summed E-state index contributed by atoms with van der Waals surface area (Å²) in [6.07, 6.45) is 3.49. The molecule has 8 nitrogen and oxygen atoms in total. The molecule has 8 heteroatoms. The molecule has 2 aromatic heterocycles. The number of fused-ring (bicyclic) bond motifs is 1. The van der Waals surface area contributed by atoms with Crippen LogP contribution in [-0.4, -0.2) is 57.3 Å². The van der Waals surface area contributed by atoms with Crippen LogP contribution in [-0.2, 0) is 11.3 Å². The molecule has 0 atom stereocenters. The van der Waals surface area contributed by atoms with Crippen molar-refractivity contribution in [2.75, 3.05) is 25.0 Å². The van der Waals surface area contributed by atoms with Crippen molar-refractivity contribution in [3.63, 3.8) is 0 Å². The molecule has 1 fully saturated rings. The van der Waals surface area contributed by atoms with Crippen molar-refractivity contribution in [2.24, 2.45) is 0 Å². The highest BCUT2D eigenvalue weighted by Crippen LogP contribution is 2.34. The molecule has 1 spiro atoms. The Hall–Kier alpha value is -2.90. The van der Waals surface area contributed by atoms with Gasteiger partial charge in [-0.3, -0.25) is 14.3 Å². The SMILES string of the molecule is Cc1cc(C)n(CCC(=O)N2CCC3(CC2)NC(=O)c2cccnc2N3C)n1. The normalized spacial score (nSPS) is 18.2. The van der Waals surface area contributed by atoms with Crippen LogP contribution in [0.15, 0.2) is 24.4 Å². The van der Waals surface area contributed by atoms with Gasteiger partial charge in [0.2, 0.25) is 5.91 Å². The number of likely N-dealkylation sites (tertiary alicyclic amines) is 1. The van der Waals surface area contributed by atoms with Gasteiger partial charge in [-0.15, -0.1) is 0 Å². The number of pyridine rings is 1. The van der Waals surface area contributed by atoms with E-state index in [1.807, 2.05) is 36.5 Å². The molecule has 2 aromatic rings. The average molecular weight is 382 g/mol. The maximum absolute atomic E-state index is 12.7. The lowest BCUT2D eigenvalue weighted by atomic mass is 9.91. The van der Waals surface area contributed by atoms with Gasteiger partial charge in [0.1, 0.15) is 11.5 Å². The van der Waals surface area contributed by atoms with Crippen molar-refractivity contribution in [2.45, 2.75) is 45.3 Å². The summed E-state index contributed by atoms with van der Waals surface area (Å²) in [5.41, 5.74) is 2.15. The Bertz CT molecular complexity index is 913. The summed E-state index contributed by atoms with van der Waals surface area (Å²) in [6.45, 7) is 5.78. The Morgan fingerprint density at radius 1 is 1.29 bits per heavy atom. The van der Waals surface area contributed by atoms with Gasteiger partial charge in [-0.1, -0.05) is 0 Å². The minimum Gasteiger partial charge on any atom is -0.342 e. The number of carbonyl (C=O) groups excluding carboxylic acids is 2. The molecule has 0 bridgehead atoms. The zero-order chi connectivity index (χ0) is 19.9. The van der Waals surface area contributed by atoms with Gasteiger partial charge in [-0.05, 0) is 32.0 Å². The van der Waals surface area contributed by atoms with Crippen LogP contribution in [0.3, 0.4) is 0 Å². The standard InChI is InChI=1S/C20H26N6O2/c1-14-13-15(2)26(23-14)10-6-17(27)25-11-7-20(8-12-25)22-19(28)16-5-4-9-21-18(16)24(20)3/h4-5,9,13H,6-8,10-12H2,1-3H3,(H,22,28). The van der Waals surface area contributed by atoms with Crippen LogP contribution < -0.4 is 10.2 Å². The van der Waals surface area contributed by atoms with E-state index in [0.717, 1.165) is 11.4 Å². The number of hydrogen-bond acceptors (Lipinski definition) is 5. The molecule has 1 saturated heterocycles. The van der Waals surface area contributed by atoms with Crippen LogP contribution in [0.5, 0.6) is 0 Å². The number of carbonyl (C=O) groups is 2. The monoisotopic (exact) mass is 382 g/mol. The second-order valence-electron chi connectivity index (χ2n) is 7.70. The molecule has 2 aliphatic rings. The molecular weight excluding hydrogens is 356 g/mol. The third-order valence-electron chi connectivity index (χ3n) is 5.92. The molecule has 28 heavy (non-hydrogen) atoms. The molecule has 0 aromatic carbocycles. The summed E-state index contributed by atoms with van der Waals surface area (Å²) < 4.78 is 1.89. The number of nitrogens with zero attached hydrogens (tertiary/aromatic N) is 5. The third-order valence-corrected chi connectivity index (χ3v) is 5.92. The number of piperidine rings is 1. The molecule has 2 amide bonds. The summed E-state index contributed by atoms with van der Waals surface area (Å²) in [4.78, 5) is 33.6. The van der Waals surface area contributed by atoms with Crippen LogP contribution in [0.4, 0.5) is 5.82 Å². The van der Waals surface area contributed by atoms with Crippen LogP contribution >= 0.6 is 0 Å². The summed E-state index contributed by atoms with van der Waals surface area (Å²) in [7, 11) is 1.96. The lowest BCUT2D eigenvalue weighted by molar-refractivity contribution is -0.133. The first-order chi connectivity index (χ1) is 13.4. The van der Waals surface area contributed by atoms with Crippen LogP contribution in [0.25, 0.3) is 0 Å². The van der Waals surface area contributed by atoms with Gasteiger partial charge >= 0.3 is 0 Å². The third kappa shape index (κ3) is 3.12. The number of aryl methyl sites for hydroxylation is 3. The van der Waals surface area contributed by atoms with E-state index in [1.165, 1.54) is 0 Å². The molecule has 0 aliphatic carbocycles. The lowest BCUT2D eigenvalue weighted by Crippen LogP contribution is -2.67. The zero-order valence-corrected chi connectivity index (χ0v) is 16.6. The van der Waals surface area contributed by atoms with E-state index in [9.17, 15) is 9.59 Å². The summed E-state index contributed by atoms with van der Waals surface area (Å²) in [6, 6.07) is 5.58. The van der Waals surface area contributed by atoms with Crippen LogP contribution in [0, 0.1) is 13.8 Å². The Morgan fingerprint density at radius 2 is 2.04 bits per heavy atom. The van der Waals surface area contributed by atoms with E-state index in [0.29, 0.717) is 50.3 Å². The largest absolute Gasteiger partial charge is 0.342 e. The summed E-state index contributed by atoms with van der Waals surface area (Å²) in [5, 5.41) is 7.58. The molecule has 148 valence electrons. The molecule has 1 N–H and O–H groups in total. The fourth-order valence-corrected chi connectivity index (χ4v) is 4.25. The summed E-state index contributed by atoms with van der Waals surface area (Å²) in [5.74, 6) is 0.742. The number of nitrogens with one attached hydrogen (secondary N) is 1. The molecule has 0 unspecified atom stereocenters. The van der Waals surface area contributed by atoms with Crippen molar-refractivity contribution in [3.05, 3.63) is 41.3 Å². The fourth-order valence-electron chi connectivity index (χ4n) is 4.25. The van der Waals surface area contributed by atoms with Gasteiger partial charge in [0, 0.05) is 57.8 Å². The van der Waals surface area contributed by atoms with Gasteiger partial charge in [0.25, 0.3) is 5.91 Å². The quantitative estimate of drug-likeness (QED) is 0.869. The molecule has 4 rings (SSSR count). The smallest absolute Gasteiger partial charge is 0.256 e. The minimum atomic E-state index is -0.481. The molecule has 0 saturated carbocycles. The van der Waals surface area contributed by atoms with Crippen molar-refractivity contribution in [1.29, 1.82) is 0 Å². The van der Waals surface area contributed by atoms with Crippen molar-refractivity contribution in [1.82, 2.24) is 25.0 Å². The van der Waals surface area contributed by atoms with Crippen LogP contribution in [0.2, 0.25) is 0 Å². The number of anilines is 1. The number of hydrogen-bond donors (Lipinski definition) is 1. The van der Waals surface area contributed by atoms with Crippen molar-refractivity contribution >= 4 is 17.6 Å². The lowest BCUT2D eigenvalue weighted by Gasteiger charge is -2.50. The highest BCUT2D eigenvalue weighted by atomic mass is 16.2. The maximum atomic E-state index is 12.7. The minimum absolute atomic E-state index is 0.0921. The molecular formula is C20H26N6O2. The number of amides is 2. The number of rotatable bonds is 3. The van der Waals surface area contributed by atoms with E-state index in [2.05, 4.69) is 20.3 Å². The Kier molecular flexibility index (Phi) is 4.56. The van der Waals surface area contributed by atoms with E-state index in [-0.39, 0.29) is 11.8 Å². The predicted molar refractivity (Wildman–Crippen MR) is 105 cm³/mol. The van der Waals surface area contributed by atoms with Gasteiger partial charge < -0.3 is 15.1 Å². The average Bonchev–Trinajstić information content (AvgIpc) is 3.02. The highest BCUT2D eigenvalue weighted by molar-refractivity contribution is 6.01. The Morgan fingerprint density at radius 3 is 2.71 bits per heavy atom. The fraction of sp³-hybridized carbons (Fsp3) is 0.500. The van der Waals surface area contributed by atoms with Crippen LogP contribution in [0.1, 0.15) is 41.0 Å². The first-order valence-electron chi connectivity index (χ1n) is 9.70. The maximum Gasteiger partial charge on any atom is 0.256 e. The van der Waals surface area contributed by atoms with E-state index in [4.69, 9.17) is 0 Å². The predicted octanol–water partition coefficient (Wildman–Crippen LogP) is 1.48. The van der Waals surface area contributed by atoms with Gasteiger partial charge in [0.05, 0.1) is 11.3 Å². The van der Waals surface area contributed by atoms with E-state index in [1.54, 1.807) is 18.3 Å². The summed E-state index contributed by atoms with van der Waals surface area (Å²) >= 11 is 0. The highest BCUT2D eigenvalue weighted by Gasteiger charge is 2.45. The molecule has 2 aliphatic heterocycles. The van der Waals surface area contributed by atoms with Gasteiger partial charge in [-0.25, -0.2) is 4.98 Å². The van der Waals surface area contributed by atoms with Crippen molar-refractivity contribution in [3.8, 4) is 0 Å². The molecule has 4 heterocycles. The first-order valence-corrected chi connectivity index (χ1v) is 9.70. The van der Waals surface area contributed by atoms with E-state index < -0.39 is 5.66 Å². The zero-order valence-electron chi connectivity index (χ0n) is 16.6. The molecule has 0 radical (unpaired) electrons. The van der Waals surface area contributed by atoms with Crippen molar-refractivity contribution < 1.29 is 9.59 Å². The number of aromatic nitrogens is 3. The van der Waals surface area contributed by atoms with Gasteiger partial charge in [0.15, 0.2) is 0 Å². The Balaban J connectivity index is 1.40. The van der Waals surface area contributed by atoms with E-state index >= 15 is 0 Å². The first kappa shape index (κ1) is 18.5. The second kappa shape index (κ2) is 6.92. The topological polar surface area (TPSA) is 83.4 Å². The second-order valence-corrected chi connectivity index (χ2v) is 7.70. The van der Waals surface area contributed by atoms with Gasteiger partial charge in [-0.2, -0.15) is 5.10 Å². The Labute approximate surface area is 164 Å².